The number of hydrogen-bond acceptors (Lipinski definition) is 6. The number of nitrogens with zero attached hydrogens (tertiary/aromatic N) is 2. The molecule has 9 heteroatoms. The van der Waals surface area contributed by atoms with E-state index < -0.39 is 0 Å². The van der Waals surface area contributed by atoms with Crippen molar-refractivity contribution in [1.29, 1.82) is 0 Å². The van der Waals surface area contributed by atoms with Gasteiger partial charge in [0.25, 0.3) is 0 Å². The molecule has 0 aliphatic heterocycles. The van der Waals surface area contributed by atoms with Crippen molar-refractivity contribution >= 4 is 23.2 Å². The van der Waals surface area contributed by atoms with Crippen molar-refractivity contribution in [1.82, 2.24) is 9.80 Å². The summed E-state index contributed by atoms with van der Waals surface area (Å²) in [6.07, 6.45) is 0.769. The van der Waals surface area contributed by atoms with Crippen LogP contribution in [0.4, 0.5) is 0 Å². The third-order valence-corrected chi connectivity index (χ3v) is 5.41. The molecular formula is C26H38Cl2N2O4Ti. The molecule has 0 spiro atoms. The minimum Gasteiger partial charge on any atom is -0.872 e. The van der Waals surface area contributed by atoms with E-state index in [0.29, 0.717) is 34.3 Å². The number of halogens is 2. The van der Waals surface area contributed by atoms with Gasteiger partial charge in [-0.2, -0.15) is 0 Å². The van der Waals surface area contributed by atoms with E-state index in [4.69, 9.17) is 23.2 Å². The quantitative estimate of drug-likeness (QED) is 0.437. The van der Waals surface area contributed by atoms with Crippen LogP contribution in [0.2, 0.25) is 10.0 Å². The molecule has 0 bridgehead atoms. The second kappa shape index (κ2) is 20.3. The maximum absolute atomic E-state index is 11.8. The molecule has 0 saturated carbocycles. The molecular weight excluding hydrogens is 523 g/mol. The maximum Gasteiger partial charge on any atom is 4.00 e. The van der Waals surface area contributed by atoms with Crippen molar-refractivity contribution in [3.8, 4) is 11.5 Å². The Hall–Kier alpha value is -0.826. The van der Waals surface area contributed by atoms with Gasteiger partial charge in [0.15, 0.2) is 0 Å². The van der Waals surface area contributed by atoms with E-state index in [1.165, 1.54) is 12.1 Å². The van der Waals surface area contributed by atoms with Crippen LogP contribution in [-0.4, -0.2) is 49.2 Å². The van der Waals surface area contributed by atoms with Gasteiger partial charge in [0.05, 0.1) is 0 Å². The largest absolute Gasteiger partial charge is 4.00 e. The molecule has 0 N–H and O–H groups in total. The van der Waals surface area contributed by atoms with Crippen molar-refractivity contribution in [2.24, 2.45) is 0 Å². The normalized spacial score (nSPS) is 12.1. The van der Waals surface area contributed by atoms with E-state index in [1.54, 1.807) is 38.1 Å². The van der Waals surface area contributed by atoms with Crippen LogP contribution in [0.1, 0.15) is 51.7 Å². The van der Waals surface area contributed by atoms with Crippen molar-refractivity contribution < 1.29 is 42.1 Å². The fourth-order valence-electron chi connectivity index (χ4n) is 2.42. The smallest absolute Gasteiger partial charge is 0.872 e. The van der Waals surface area contributed by atoms with Crippen LogP contribution in [0, 0.1) is 0 Å². The molecule has 6 nitrogen and oxygen atoms in total. The summed E-state index contributed by atoms with van der Waals surface area (Å²) in [5.74, 6) is -0.0101. The van der Waals surface area contributed by atoms with Crippen molar-refractivity contribution in [3.05, 3.63) is 57.6 Å². The molecule has 0 aliphatic carbocycles. The average molecular weight is 561 g/mol. The third kappa shape index (κ3) is 18.1. The molecule has 2 atom stereocenters. The molecule has 35 heavy (non-hydrogen) atoms. The van der Waals surface area contributed by atoms with Gasteiger partial charge in [-0.15, -0.1) is 23.7 Å². The van der Waals surface area contributed by atoms with Gasteiger partial charge in [-0.25, -0.2) is 0 Å². The molecule has 0 heterocycles. The fraction of sp³-hybridized carbons (Fsp3) is 0.538. The molecule has 0 aromatic heterocycles. The standard InChI is InChI=1S/C18H22Cl2N2O2.2C4H9O.Ti/c1-21(11-13-9-15(19)3-5-17(13)23)7-8-22(2)12-14-10-16(20)4-6-18(14)24;2*1-3-4(2)5;/h3-6,9-10,23-24H,7-8,11-12H2,1-2H3;2*4H,3H2,1-2H3;/q;2*-1;+4/p-2/t;2*4-;/m.11./s1. The maximum atomic E-state index is 11.8. The van der Waals surface area contributed by atoms with E-state index in [2.05, 4.69) is 9.80 Å². The number of likely N-dealkylation sites (N-methyl/N-ethyl adjacent to an activating group) is 2. The second-order valence-corrected chi connectivity index (χ2v) is 9.29. The van der Waals surface area contributed by atoms with Crippen LogP contribution >= 0.6 is 23.2 Å². The van der Waals surface area contributed by atoms with Crippen LogP contribution in [0.25, 0.3) is 0 Å². The first-order chi connectivity index (χ1) is 15.9. The Bertz CT molecular complexity index is 758. The summed E-state index contributed by atoms with van der Waals surface area (Å²) in [5, 5.41) is 44.6. The molecule has 2 rings (SSSR count). The van der Waals surface area contributed by atoms with Gasteiger partial charge in [-0.3, -0.25) is 0 Å². The van der Waals surface area contributed by atoms with Crippen LogP contribution in [-0.2, 0) is 34.8 Å². The van der Waals surface area contributed by atoms with Gasteiger partial charge in [0, 0.05) is 36.2 Å². The molecule has 0 radical (unpaired) electrons. The molecule has 0 amide bonds. The minimum absolute atomic E-state index is 0. The molecule has 0 unspecified atom stereocenters. The predicted octanol–water partition coefficient (Wildman–Crippen LogP) is 2.99. The zero-order valence-electron chi connectivity index (χ0n) is 21.6. The summed E-state index contributed by atoms with van der Waals surface area (Å²) >= 11 is 11.9. The zero-order valence-corrected chi connectivity index (χ0v) is 24.7. The Balaban J connectivity index is 0. The van der Waals surface area contributed by atoms with Crippen molar-refractivity contribution in [2.75, 3.05) is 27.2 Å². The van der Waals surface area contributed by atoms with E-state index in [9.17, 15) is 20.4 Å². The summed E-state index contributed by atoms with van der Waals surface area (Å²) < 4.78 is 0. The van der Waals surface area contributed by atoms with Gasteiger partial charge >= 0.3 is 21.7 Å². The minimum atomic E-state index is -0.366. The van der Waals surface area contributed by atoms with Gasteiger partial charge in [-0.05, 0) is 49.5 Å². The molecule has 2 aromatic carbocycles. The van der Waals surface area contributed by atoms with E-state index in [1.807, 2.05) is 27.9 Å². The van der Waals surface area contributed by atoms with Crippen molar-refractivity contribution in [3.63, 3.8) is 0 Å². The molecule has 0 fully saturated rings. The van der Waals surface area contributed by atoms with Gasteiger partial charge < -0.3 is 30.2 Å². The summed E-state index contributed by atoms with van der Waals surface area (Å²) in [6.45, 7) is 9.71. The molecule has 194 valence electrons. The molecule has 0 aliphatic rings. The van der Waals surface area contributed by atoms with Crippen molar-refractivity contribution in [2.45, 2.75) is 65.8 Å². The summed E-state index contributed by atoms with van der Waals surface area (Å²) in [7, 11) is 3.90. The average Bonchev–Trinajstić information content (AvgIpc) is 2.78. The zero-order chi connectivity index (χ0) is 26.3. The summed E-state index contributed by atoms with van der Waals surface area (Å²) in [6, 6.07) is 9.61. The first-order valence-corrected chi connectivity index (χ1v) is 12.2. The monoisotopic (exact) mass is 560 g/mol. The number of rotatable bonds is 9. The SMILES string of the molecule is CC[C@@H](C)[O-].CC[C@@H](C)[O-].CN(CCN(C)Cc1cc(Cl)ccc1[O-])Cc1cc(Cl)ccc1[O-].[Ti+4]. The number of hydrogen-bond donors (Lipinski definition) is 0. The number of benzene rings is 2. The Morgan fingerprint density at radius 3 is 1.26 bits per heavy atom. The fourth-order valence-corrected chi connectivity index (χ4v) is 2.81. The van der Waals surface area contributed by atoms with Gasteiger partial charge in [0.2, 0.25) is 0 Å². The first kappa shape index (κ1) is 36.3. The van der Waals surface area contributed by atoms with Crippen LogP contribution < -0.4 is 20.4 Å². The summed E-state index contributed by atoms with van der Waals surface area (Å²) in [4.78, 5) is 4.11. The molecule has 0 saturated heterocycles. The third-order valence-electron chi connectivity index (χ3n) is 4.94. The first-order valence-electron chi connectivity index (χ1n) is 11.5. The molecule has 2 aromatic rings. The predicted molar refractivity (Wildman–Crippen MR) is 134 cm³/mol. The van der Waals surface area contributed by atoms with Gasteiger partial charge in [-0.1, -0.05) is 75.9 Å². The summed E-state index contributed by atoms with van der Waals surface area (Å²) in [5.41, 5.74) is 1.37. The van der Waals surface area contributed by atoms with Crippen LogP contribution in [0.5, 0.6) is 11.5 Å². The topological polar surface area (TPSA) is 98.7 Å². The van der Waals surface area contributed by atoms with E-state index in [-0.39, 0.29) is 45.4 Å². The van der Waals surface area contributed by atoms with E-state index in [0.717, 1.165) is 25.9 Å². The Kier molecular flexibility index (Phi) is 21.0. The Labute approximate surface area is 236 Å². The second-order valence-electron chi connectivity index (χ2n) is 8.42. The Morgan fingerprint density at radius 2 is 1.00 bits per heavy atom. The Morgan fingerprint density at radius 1 is 0.714 bits per heavy atom. The van der Waals surface area contributed by atoms with Crippen LogP contribution in [0.15, 0.2) is 36.4 Å². The van der Waals surface area contributed by atoms with Gasteiger partial charge in [0.1, 0.15) is 0 Å². The van der Waals surface area contributed by atoms with Crippen LogP contribution in [0.3, 0.4) is 0 Å². The van der Waals surface area contributed by atoms with E-state index >= 15 is 0 Å².